The van der Waals surface area contributed by atoms with E-state index in [0.717, 1.165) is 31.6 Å². The van der Waals surface area contributed by atoms with Gasteiger partial charge in [0.25, 0.3) is 0 Å². The number of ether oxygens (including phenoxy) is 1. The van der Waals surface area contributed by atoms with E-state index in [1.165, 1.54) is 51.9 Å². The van der Waals surface area contributed by atoms with Gasteiger partial charge in [-0.1, -0.05) is 13.8 Å². The lowest BCUT2D eigenvalue weighted by Crippen LogP contribution is -2.49. The fourth-order valence-electron chi connectivity index (χ4n) is 3.64. The van der Waals surface area contributed by atoms with Crippen molar-refractivity contribution in [3.8, 4) is 0 Å². The molecule has 0 radical (unpaired) electrons. The van der Waals surface area contributed by atoms with Crippen LogP contribution in [0.4, 0.5) is 0 Å². The zero-order valence-corrected chi connectivity index (χ0v) is 13.9. The van der Waals surface area contributed by atoms with Crippen molar-refractivity contribution in [3.63, 3.8) is 0 Å². The Bertz CT molecular complexity index is 311. The first kappa shape index (κ1) is 15.7. The van der Waals surface area contributed by atoms with Crippen LogP contribution in [0.1, 0.15) is 39.5 Å². The molecule has 0 bridgehead atoms. The highest BCUT2D eigenvalue weighted by Gasteiger charge is 2.32. The third-order valence-electron chi connectivity index (χ3n) is 5.05. The summed E-state index contributed by atoms with van der Waals surface area (Å²) in [4.78, 5) is 5.30. The topological polar surface area (TPSA) is 27.7 Å². The molecular weight excluding hydrogens is 262 g/mol. The second kappa shape index (κ2) is 7.40. The summed E-state index contributed by atoms with van der Waals surface area (Å²) in [7, 11) is 0. The summed E-state index contributed by atoms with van der Waals surface area (Å²) in [5.74, 6) is 0.727. The zero-order chi connectivity index (χ0) is 14.7. The average molecular weight is 295 g/mol. The van der Waals surface area contributed by atoms with E-state index in [0.29, 0.717) is 12.2 Å². The Hall–Kier alpha value is -0.160. The van der Waals surface area contributed by atoms with Gasteiger partial charge in [-0.15, -0.1) is 0 Å². The molecule has 1 aliphatic carbocycles. The molecule has 2 aliphatic heterocycles. The minimum absolute atomic E-state index is 0.446. The SMILES string of the molecule is CC(C)CNCC1CCC(CN2CCN(C3CC3)CC2)O1. The van der Waals surface area contributed by atoms with Gasteiger partial charge in [0.15, 0.2) is 0 Å². The van der Waals surface area contributed by atoms with Gasteiger partial charge in [0.05, 0.1) is 12.2 Å². The summed E-state index contributed by atoms with van der Waals surface area (Å²) in [5.41, 5.74) is 0. The van der Waals surface area contributed by atoms with E-state index in [1.807, 2.05) is 0 Å². The van der Waals surface area contributed by atoms with E-state index in [4.69, 9.17) is 4.74 Å². The lowest BCUT2D eigenvalue weighted by molar-refractivity contribution is 0.0118. The predicted molar refractivity (Wildman–Crippen MR) is 86.6 cm³/mol. The van der Waals surface area contributed by atoms with Crippen molar-refractivity contribution in [2.75, 3.05) is 45.8 Å². The van der Waals surface area contributed by atoms with Crippen molar-refractivity contribution in [1.82, 2.24) is 15.1 Å². The molecule has 0 aromatic heterocycles. The van der Waals surface area contributed by atoms with Crippen LogP contribution in [0.2, 0.25) is 0 Å². The molecule has 2 unspecified atom stereocenters. The fraction of sp³-hybridized carbons (Fsp3) is 1.00. The van der Waals surface area contributed by atoms with Crippen LogP contribution in [0.25, 0.3) is 0 Å². The van der Waals surface area contributed by atoms with Crippen LogP contribution in [-0.4, -0.2) is 73.9 Å². The first-order valence-electron chi connectivity index (χ1n) is 9.03. The van der Waals surface area contributed by atoms with Crippen molar-refractivity contribution in [3.05, 3.63) is 0 Å². The van der Waals surface area contributed by atoms with Gasteiger partial charge in [-0.2, -0.15) is 0 Å². The molecule has 21 heavy (non-hydrogen) atoms. The molecule has 0 spiro atoms. The van der Waals surface area contributed by atoms with Crippen molar-refractivity contribution in [2.45, 2.75) is 57.8 Å². The highest BCUT2D eigenvalue weighted by molar-refractivity contribution is 4.88. The lowest BCUT2D eigenvalue weighted by Gasteiger charge is -2.35. The number of rotatable bonds is 7. The van der Waals surface area contributed by atoms with Gasteiger partial charge in [-0.25, -0.2) is 0 Å². The van der Waals surface area contributed by atoms with E-state index < -0.39 is 0 Å². The highest BCUT2D eigenvalue weighted by atomic mass is 16.5. The summed E-state index contributed by atoms with van der Waals surface area (Å²) in [6.45, 7) is 12.8. The summed E-state index contributed by atoms with van der Waals surface area (Å²) in [5, 5.41) is 3.53. The van der Waals surface area contributed by atoms with Gasteiger partial charge in [-0.3, -0.25) is 9.80 Å². The third kappa shape index (κ3) is 4.92. The van der Waals surface area contributed by atoms with Crippen LogP contribution in [0.15, 0.2) is 0 Å². The Morgan fingerprint density at radius 2 is 1.71 bits per heavy atom. The monoisotopic (exact) mass is 295 g/mol. The highest BCUT2D eigenvalue weighted by Crippen LogP contribution is 2.28. The molecule has 3 aliphatic rings. The number of piperazine rings is 1. The molecule has 2 heterocycles. The molecule has 122 valence electrons. The Morgan fingerprint density at radius 1 is 1.00 bits per heavy atom. The minimum Gasteiger partial charge on any atom is -0.372 e. The van der Waals surface area contributed by atoms with Gasteiger partial charge in [0.2, 0.25) is 0 Å². The number of hydrogen-bond acceptors (Lipinski definition) is 4. The fourth-order valence-corrected chi connectivity index (χ4v) is 3.64. The summed E-state index contributed by atoms with van der Waals surface area (Å²) in [6.07, 6.45) is 6.28. The molecule has 4 heteroatoms. The third-order valence-corrected chi connectivity index (χ3v) is 5.05. The van der Waals surface area contributed by atoms with Gasteiger partial charge in [0.1, 0.15) is 0 Å². The standard InChI is InChI=1S/C17H33N3O/c1-14(2)11-18-12-16-5-6-17(21-16)13-19-7-9-20(10-8-19)15-3-4-15/h14-18H,3-13H2,1-2H3. The van der Waals surface area contributed by atoms with Gasteiger partial charge < -0.3 is 10.1 Å². The number of hydrogen-bond donors (Lipinski definition) is 1. The van der Waals surface area contributed by atoms with Crippen LogP contribution >= 0.6 is 0 Å². The Labute approximate surface area is 130 Å². The molecule has 2 atom stereocenters. The largest absolute Gasteiger partial charge is 0.372 e. The lowest BCUT2D eigenvalue weighted by atomic mass is 10.1. The summed E-state index contributed by atoms with van der Waals surface area (Å²) >= 11 is 0. The molecule has 1 N–H and O–H groups in total. The number of nitrogens with one attached hydrogen (secondary N) is 1. The zero-order valence-electron chi connectivity index (χ0n) is 13.9. The molecule has 0 aromatic rings. The molecule has 0 amide bonds. The molecular formula is C17H33N3O. The first-order valence-corrected chi connectivity index (χ1v) is 9.03. The maximum absolute atomic E-state index is 6.21. The quantitative estimate of drug-likeness (QED) is 0.771. The van der Waals surface area contributed by atoms with E-state index >= 15 is 0 Å². The maximum Gasteiger partial charge on any atom is 0.0707 e. The van der Waals surface area contributed by atoms with E-state index in [2.05, 4.69) is 29.0 Å². The van der Waals surface area contributed by atoms with Crippen LogP contribution in [0, 0.1) is 5.92 Å². The van der Waals surface area contributed by atoms with Crippen LogP contribution in [0.5, 0.6) is 0 Å². The number of nitrogens with zero attached hydrogens (tertiary/aromatic N) is 2. The second-order valence-corrected chi connectivity index (χ2v) is 7.58. The van der Waals surface area contributed by atoms with Crippen LogP contribution < -0.4 is 5.32 Å². The van der Waals surface area contributed by atoms with Crippen molar-refractivity contribution in [2.24, 2.45) is 5.92 Å². The molecule has 1 saturated carbocycles. The van der Waals surface area contributed by atoms with Gasteiger partial charge in [-0.05, 0) is 38.1 Å². The normalized spacial score (nSPS) is 32.1. The average Bonchev–Trinajstić information content (AvgIpc) is 3.22. The van der Waals surface area contributed by atoms with Crippen LogP contribution in [0.3, 0.4) is 0 Å². The van der Waals surface area contributed by atoms with Gasteiger partial charge in [0, 0.05) is 45.3 Å². The second-order valence-electron chi connectivity index (χ2n) is 7.58. The molecule has 2 saturated heterocycles. The molecule has 0 aromatic carbocycles. The molecule has 4 nitrogen and oxygen atoms in total. The Balaban J connectivity index is 1.29. The Morgan fingerprint density at radius 3 is 2.38 bits per heavy atom. The minimum atomic E-state index is 0.446. The Kier molecular flexibility index (Phi) is 5.54. The van der Waals surface area contributed by atoms with Crippen molar-refractivity contribution < 1.29 is 4.74 Å². The first-order chi connectivity index (χ1) is 10.2. The van der Waals surface area contributed by atoms with Crippen LogP contribution in [-0.2, 0) is 4.74 Å². The van der Waals surface area contributed by atoms with E-state index in [9.17, 15) is 0 Å². The van der Waals surface area contributed by atoms with Crippen molar-refractivity contribution in [1.29, 1.82) is 0 Å². The smallest absolute Gasteiger partial charge is 0.0707 e. The van der Waals surface area contributed by atoms with E-state index in [1.54, 1.807) is 0 Å². The molecule has 3 rings (SSSR count). The summed E-state index contributed by atoms with van der Waals surface area (Å²) < 4.78 is 6.21. The van der Waals surface area contributed by atoms with Crippen molar-refractivity contribution >= 4 is 0 Å². The maximum atomic E-state index is 6.21. The van der Waals surface area contributed by atoms with Gasteiger partial charge >= 0.3 is 0 Å². The summed E-state index contributed by atoms with van der Waals surface area (Å²) in [6, 6.07) is 0.936. The van der Waals surface area contributed by atoms with E-state index in [-0.39, 0.29) is 0 Å². The molecule has 3 fully saturated rings. The predicted octanol–water partition coefficient (Wildman–Crippen LogP) is 1.56.